The molecule has 17 heavy (non-hydrogen) atoms. The molecule has 0 spiro atoms. The van der Waals surface area contributed by atoms with Gasteiger partial charge >= 0.3 is 0 Å². The van der Waals surface area contributed by atoms with Gasteiger partial charge in [0.2, 0.25) is 0 Å². The average molecular weight is 318 g/mol. The van der Waals surface area contributed by atoms with Crippen molar-refractivity contribution >= 4 is 27.5 Å². The van der Waals surface area contributed by atoms with E-state index >= 15 is 0 Å². The van der Waals surface area contributed by atoms with E-state index in [1.54, 1.807) is 0 Å². The van der Waals surface area contributed by atoms with Crippen LogP contribution >= 0.6 is 27.5 Å². The van der Waals surface area contributed by atoms with Crippen LogP contribution in [-0.4, -0.2) is 30.1 Å². The molecule has 1 saturated heterocycles. The molecule has 1 aliphatic rings. The summed E-state index contributed by atoms with van der Waals surface area (Å²) in [7, 11) is 0. The van der Waals surface area contributed by atoms with Crippen LogP contribution in [0.25, 0.3) is 0 Å². The maximum Gasteiger partial charge on any atom is 0.0462 e. The van der Waals surface area contributed by atoms with Crippen LogP contribution in [0.5, 0.6) is 0 Å². The Balaban J connectivity index is 2.08. The first-order chi connectivity index (χ1) is 8.06. The summed E-state index contributed by atoms with van der Waals surface area (Å²) in [6.45, 7) is 7.54. The van der Waals surface area contributed by atoms with E-state index < -0.39 is 0 Å². The van der Waals surface area contributed by atoms with Crippen molar-refractivity contribution in [3.8, 4) is 0 Å². The first-order valence-electron chi connectivity index (χ1n) is 5.97. The van der Waals surface area contributed by atoms with Crippen molar-refractivity contribution in [2.45, 2.75) is 32.5 Å². The van der Waals surface area contributed by atoms with Gasteiger partial charge in [-0.25, -0.2) is 0 Å². The highest BCUT2D eigenvalue weighted by atomic mass is 79.9. The van der Waals surface area contributed by atoms with Crippen molar-refractivity contribution in [2.75, 3.05) is 13.1 Å². The molecule has 1 N–H and O–H groups in total. The summed E-state index contributed by atoms with van der Waals surface area (Å²) in [4.78, 5) is 2.48. The normalized spacial score (nSPS) is 26.1. The van der Waals surface area contributed by atoms with E-state index in [0.717, 1.165) is 29.1 Å². The molecule has 94 valence electrons. The van der Waals surface area contributed by atoms with E-state index in [4.69, 9.17) is 11.6 Å². The van der Waals surface area contributed by atoms with Crippen molar-refractivity contribution in [1.82, 2.24) is 10.2 Å². The van der Waals surface area contributed by atoms with Gasteiger partial charge in [0.15, 0.2) is 0 Å². The van der Waals surface area contributed by atoms with Crippen molar-refractivity contribution in [2.24, 2.45) is 0 Å². The molecule has 2 unspecified atom stereocenters. The van der Waals surface area contributed by atoms with Crippen molar-refractivity contribution in [3.05, 3.63) is 33.3 Å². The molecule has 2 rings (SSSR count). The smallest absolute Gasteiger partial charge is 0.0462 e. The molecule has 1 aliphatic heterocycles. The summed E-state index contributed by atoms with van der Waals surface area (Å²) in [6.07, 6.45) is 0. The van der Waals surface area contributed by atoms with Crippen LogP contribution in [0.4, 0.5) is 0 Å². The summed E-state index contributed by atoms with van der Waals surface area (Å²) in [5, 5.41) is 4.33. The van der Waals surface area contributed by atoms with Crippen molar-refractivity contribution in [1.29, 1.82) is 0 Å². The van der Waals surface area contributed by atoms with Gasteiger partial charge in [0.05, 0.1) is 0 Å². The minimum absolute atomic E-state index is 0.556. The van der Waals surface area contributed by atoms with Gasteiger partial charge in [0.1, 0.15) is 0 Å². The Labute approximate surface area is 116 Å². The molecular weight excluding hydrogens is 300 g/mol. The lowest BCUT2D eigenvalue weighted by molar-refractivity contribution is 0.139. The second kappa shape index (κ2) is 5.70. The van der Waals surface area contributed by atoms with Crippen LogP contribution in [0.3, 0.4) is 0 Å². The Morgan fingerprint density at radius 3 is 2.94 bits per heavy atom. The minimum Gasteiger partial charge on any atom is -0.311 e. The molecule has 0 amide bonds. The maximum absolute atomic E-state index is 6.26. The number of benzene rings is 1. The van der Waals surface area contributed by atoms with Gasteiger partial charge in [-0.15, -0.1) is 0 Å². The monoisotopic (exact) mass is 316 g/mol. The van der Waals surface area contributed by atoms with Crippen LogP contribution in [-0.2, 0) is 6.54 Å². The van der Waals surface area contributed by atoms with E-state index in [0.29, 0.717) is 12.1 Å². The zero-order valence-electron chi connectivity index (χ0n) is 10.2. The van der Waals surface area contributed by atoms with Gasteiger partial charge in [-0.2, -0.15) is 0 Å². The number of rotatable bonds is 2. The fourth-order valence-electron chi connectivity index (χ4n) is 2.19. The largest absolute Gasteiger partial charge is 0.311 e. The van der Waals surface area contributed by atoms with E-state index in [2.05, 4.69) is 52.1 Å². The van der Waals surface area contributed by atoms with Gasteiger partial charge in [0, 0.05) is 41.2 Å². The molecule has 0 bridgehead atoms. The Kier molecular flexibility index (Phi) is 4.47. The van der Waals surface area contributed by atoms with E-state index in [1.165, 1.54) is 5.56 Å². The Hall–Kier alpha value is -0.0900. The number of hydrogen-bond acceptors (Lipinski definition) is 2. The van der Waals surface area contributed by atoms with Gasteiger partial charge < -0.3 is 5.32 Å². The standard InChI is InChI=1S/C13H18BrClN2/c1-9-7-17(10(2)6-16-9)8-11-3-4-12(14)5-13(11)15/h3-5,9-10,16H,6-8H2,1-2H3. The lowest BCUT2D eigenvalue weighted by Crippen LogP contribution is -2.53. The van der Waals surface area contributed by atoms with Gasteiger partial charge in [-0.1, -0.05) is 33.6 Å². The number of halogens is 2. The molecule has 1 aromatic carbocycles. The van der Waals surface area contributed by atoms with Crippen molar-refractivity contribution < 1.29 is 0 Å². The number of hydrogen-bond donors (Lipinski definition) is 1. The molecule has 0 aliphatic carbocycles. The second-order valence-electron chi connectivity index (χ2n) is 4.82. The highest BCUT2D eigenvalue weighted by Crippen LogP contribution is 2.23. The Morgan fingerprint density at radius 1 is 1.47 bits per heavy atom. The quantitative estimate of drug-likeness (QED) is 0.900. The third kappa shape index (κ3) is 3.44. The fraction of sp³-hybridized carbons (Fsp3) is 0.538. The summed E-state index contributed by atoms with van der Waals surface area (Å²) >= 11 is 9.70. The maximum atomic E-state index is 6.26. The molecule has 2 atom stereocenters. The molecule has 0 aromatic heterocycles. The zero-order valence-corrected chi connectivity index (χ0v) is 12.6. The third-order valence-electron chi connectivity index (χ3n) is 3.28. The fourth-order valence-corrected chi connectivity index (χ4v) is 2.92. The second-order valence-corrected chi connectivity index (χ2v) is 6.15. The molecule has 0 saturated carbocycles. The lowest BCUT2D eigenvalue weighted by Gasteiger charge is -2.37. The predicted molar refractivity (Wildman–Crippen MR) is 76.5 cm³/mol. The number of nitrogens with zero attached hydrogens (tertiary/aromatic N) is 1. The van der Waals surface area contributed by atoms with Crippen LogP contribution in [0.15, 0.2) is 22.7 Å². The summed E-state index contributed by atoms with van der Waals surface area (Å²) < 4.78 is 1.04. The summed E-state index contributed by atoms with van der Waals surface area (Å²) in [5.74, 6) is 0. The predicted octanol–water partition coefficient (Wildman–Crippen LogP) is 3.28. The van der Waals surface area contributed by atoms with Crippen molar-refractivity contribution in [3.63, 3.8) is 0 Å². The molecule has 1 aromatic rings. The number of nitrogens with one attached hydrogen (secondary N) is 1. The number of piperazine rings is 1. The molecule has 0 radical (unpaired) electrons. The summed E-state index contributed by atoms with van der Waals surface area (Å²) in [6, 6.07) is 7.24. The SMILES string of the molecule is CC1CN(Cc2ccc(Br)cc2Cl)C(C)CN1. The molecule has 2 nitrogen and oxygen atoms in total. The molecular formula is C13H18BrClN2. The first kappa shape index (κ1) is 13.3. The zero-order chi connectivity index (χ0) is 12.4. The van der Waals surface area contributed by atoms with Crippen LogP contribution in [0.2, 0.25) is 5.02 Å². The van der Waals surface area contributed by atoms with E-state index in [1.807, 2.05) is 6.07 Å². The van der Waals surface area contributed by atoms with Gasteiger partial charge in [-0.3, -0.25) is 4.90 Å². The Morgan fingerprint density at radius 2 is 2.24 bits per heavy atom. The highest BCUT2D eigenvalue weighted by Gasteiger charge is 2.22. The average Bonchev–Trinajstić information content (AvgIpc) is 2.27. The van der Waals surface area contributed by atoms with E-state index in [-0.39, 0.29) is 0 Å². The highest BCUT2D eigenvalue weighted by molar-refractivity contribution is 9.10. The molecule has 1 fully saturated rings. The Bertz CT molecular complexity index is 397. The minimum atomic E-state index is 0.556. The first-order valence-corrected chi connectivity index (χ1v) is 7.14. The topological polar surface area (TPSA) is 15.3 Å². The van der Waals surface area contributed by atoms with Gasteiger partial charge in [0.25, 0.3) is 0 Å². The van der Waals surface area contributed by atoms with Gasteiger partial charge in [-0.05, 0) is 31.5 Å². The lowest BCUT2D eigenvalue weighted by atomic mass is 10.1. The molecule has 1 heterocycles. The summed E-state index contributed by atoms with van der Waals surface area (Å²) in [5.41, 5.74) is 1.20. The third-order valence-corrected chi connectivity index (χ3v) is 4.13. The van der Waals surface area contributed by atoms with Crippen LogP contribution < -0.4 is 5.32 Å². The molecule has 4 heteroatoms. The van der Waals surface area contributed by atoms with Crippen LogP contribution in [0, 0.1) is 0 Å². The van der Waals surface area contributed by atoms with Crippen LogP contribution in [0.1, 0.15) is 19.4 Å². The van der Waals surface area contributed by atoms with E-state index in [9.17, 15) is 0 Å².